The molecule has 0 aromatic heterocycles. The summed E-state index contributed by atoms with van der Waals surface area (Å²) in [6, 6.07) is 9.99. The molecular weight excluding hydrogens is 190 g/mol. The highest BCUT2D eigenvalue weighted by atomic mass is 16.4. The third-order valence-corrected chi connectivity index (χ3v) is 1.89. The molecule has 15 heavy (non-hydrogen) atoms. The molecule has 0 aliphatic rings. The van der Waals surface area contributed by atoms with Gasteiger partial charge in [0.2, 0.25) is 0 Å². The van der Waals surface area contributed by atoms with Crippen molar-refractivity contribution < 1.29 is 9.90 Å². The quantitative estimate of drug-likeness (QED) is 0.696. The topological polar surface area (TPSA) is 49.3 Å². The first kappa shape index (κ1) is 11.5. The largest absolute Gasteiger partial charge is 0.481 e. The lowest BCUT2D eigenvalue weighted by molar-refractivity contribution is -0.136. The summed E-state index contributed by atoms with van der Waals surface area (Å²) >= 11 is 0. The third kappa shape index (κ3) is 5.65. The number of hydrogen-bond acceptors (Lipinski definition) is 2. The van der Waals surface area contributed by atoms with Crippen molar-refractivity contribution in [1.82, 2.24) is 5.32 Å². The summed E-state index contributed by atoms with van der Waals surface area (Å²) in [5.41, 5.74) is 1.15. The first-order valence-corrected chi connectivity index (χ1v) is 4.93. The number of carboxylic acids is 1. The minimum atomic E-state index is -0.769. The van der Waals surface area contributed by atoms with Crippen LogP contribution in [0.1, 0.15) is 12.0 Å². The smallest absolute Gasteiger partial charge is 0.304 e. The molecule has 0 bridgehead atoms. The van der Waals surface area contributed by atoms with Gasteiger partial charge in [0, 0.05) is 13.1 Å². The van der Waals surface area contributed by atoms with Crippen LogP contribution >= 0.6 is 0 Å². The summed E-state index contributed by atoms with van der Waals surface area (Å²) in [6.07, 6.45) is 4.16. The van der Waals surface area contributed by atoms with Gasteiger partial charge < -0.3 is 10.4 Å². The van der Waals surface area contributed by atoms with Crippen molar-refractivity contribution in [3.63, 3.8) is 0 Å². The summed E-state index contributed by atoms with van der Waals surface area (Å²) < 4.78 is 0. The van der Waals surface area contributed by atoms with E-state index in [2.05, 4.69) is 5.32 Å². The summed E-state index contributed by atoms with van der Waals surface area (Å²) in [5.74, 6) is -0.769. The van der Waals surface area contributed by atoms with Gasteiger partial charge in [0.1, 0.15) is 0 Å². The molecule has 0 amide bonds. The highest BCUT2D eigenvalue weighted by Gasteiger charge is 1.92. The molecule has 1 aromatic carbocycles. The Balaban J connectivity index is 2.15. The molecule has 0 radical (unpaired) electrons. The molecule has 0 saturated heterocycles. The Morgan fingerprint density at radius 3 is 2.73 bits per heavy atom. The van der Waals surface area contributed by atoms with Gasteiger partial charge in [-0.05, 0) is 5.56 Å². The van der Waals surface area contributed by atoms with Crippen LogP contribution < -0.4 is 5.32 Å². The maximum atomic E-state index is 10.2. The number of hydrogen-bond donors (Lipinski definition) is 2. The second-order valence-electron chi connectivity index (χ2n) is 3.16. The van der Waals surface area contributed by atoms with Gasteiger partial charge in [-0.2, -0.15) is 0 Å². The molecule has 3 heteroatoms. The maximum absolute atomic E-state index is 10.2. The molecular formula is C12H15NO2. The Morgan fingerprint density at radius 1 is 1.33 bits per heavy atom. The van der Waals surface area contributed by atoms with E-state index in [-0.39, 0.29) is 6.42 Å². The summed E-state index contributed by atoms with van der Waals surface area (Å²) in [6.45, 7) is 1.20. The zero-order valence-electron chi connectivity index (χ0n) is 8.52. The molecule has 2 N–H and O–H groups in total. The molecule has 0 fully saturated rings. The van der Waals surface area contributed by atoms with Crippen LogP contribution in [-0.4, -0.2) is 24.2 Å². The molecule has 0 saturated carbocycles. The van der Waals surface area contributed by atoms with Crippen LogP contribution in [0.4, 0.5) is 0 Å². The van der Waals surface area contributed by atoms with Crippen LogP contribution in [0, 0.1) is 0 Å². The number of carbonyl (C=O) groups is 1. The molecule has 1 rings (SSSR count). The molecule has 0 aliphatic carbocycles. The van der Waals surface area contributed by atoms with Crippen molar-refractivity contribution in [2.24, 2.45) is 0 Å². The lowest BCUT2D eigenvalue weighted by Gasteiger charge is -1.97. The lowest BCUT2D eigenvalue weighted by Crippen LogP contribution is -2.17. The highest BCUT2D eigenvalue weighted by Crippen LogP contribution is 1.99. The molecule has 0 heterocycles. The van der Waals surface area contributed by atoms with Crippen LogP contribution in [0.2, 0.25) is 0 Å². The van der Waals surface area contributed by atoms with Gasteiger partial charge in [-0.3, -0.25) is 4.79 Å². The fourth-order valence-electron chi connectivity index (χ4n) is 1.14. The van der Waals surface area contributed by atoms with E-state index in [9.17, 15) is 4.79 Å². The van der Waals surface area contributed by atoms with Gasteiger partial charge in [0.15, 0.2) is 0 Å². The number of carboxylic acid groups (broad SMARTS) is 1. The molecule has 0 aliphatic heterocycles. The monoisotopic (exact) mass is 205 g/mol. The number of nitrogens with one attached hydrogen (secondary N) is 1. The van der Waals surface area contributed by atoms with Gasteiger partial charge in [0.25, 0.3) is 0 Å². The van der Waals surface area contributed by atoms with E-state index < -0.39 is 5.97 Å². The minimum Gasteiger partial charge on any atom is -0.481 e. The van der Waals surface area contributed by atoms with E-state index in [4.69, 9.17) is 5.11 Å². The number of benzene rings is 1. The van der Waals surface area contributed by atoms with Crippen molar-refractivity contribution in [1.29, 1.82) is 0 Å². The van der Waals surface area contributed by atoms with Crippen LogP contribution in [0.25, 0.3) is 6.08 Å². The Morgan fingerprint density at radius 2 is 2.07 bits per heavy atom. The summed E-state index contributed by atoms with van der Waals surface area (Å²) in [7, 11) is 0. The molecule has 0 unspecified atom stereocenters. The second kappa shape index (κ2) is 6.79. The van der Waals surface area contributed by atoms with Gasteiger partial charge in [-0.1, -0.05) is 42.5 Å². The van der Waals surface area contributed by atoms with Crippen molar-refractivity contribution >= 4 is 12.0 Å². The van der Waals surface area contributed by atoms with Gasteiger partial charge >= 0.3 is 5.97 Å². The Labute approximate surface area is 89.4 Å². The fourth-order valence-corrected chi connectivity index (χ4v) is 1.14. The third-order valence-electron chi connectivity index (χ3n) is 1.89. The Bertz CT molecular complexity index is 320. The summed E-state index contributed by atoms with van der Waals surface area (Å²) in [5, 5.41) is 11.4. The Hall–Kier alpha value is -1.61. The van der Waals surface area contributed by atoms with Crippen molar-refractivity contribution in [3.05, 3.63) is 42.0 Å². The van der Waals surface area contributed by atoms with Gasteiger partial charge in [-0.25, -0.2) is 0 Å². The van der Waals surface area contributed by atoms with Crippen LogP contribution in [0.5, 0.6) is 0 Å². The highest BCUT2D eigenvalue weighted by molar-refractivity contribution is 5.66. The van der Waals surface area contributed by atoms with Gasteiger partial charge in [-0.15, -0.1) is 0 Å². The number of rotatable bonds is 6. The maximum Gasteiger partial charge on any atom is 0.304 e. The first-order chi connectivity index (χ1) is 7.29. The standard InChI is InChI=1S/C12H15NO2/c14-12(15)8-10-13-9-4-7-11-5-2-1-3-6-11/h1-7,13H,8-10H2,(H,14,15)/b7-4-. The average Bonchev–Trinajstić information content (AvgIpc) is 2.24. The van der Waals surface area contributed by atoms with Crippen LogP contribution in [0.3, 0.4) is 0 Å². The predicted octanol–water partition coefficient (Wildman–Crippen LogP) is 1.76. The molecule has 3 nitrogen and oxygen atoms in total. The van der Waals surface area contributed by atoms with Crippen molar-refractivity contribution in [3.8, 4) is 0 Å². The van der Waals surface area contributed by atoms with Crippen LogP contribution in [0.15, 0.2) is 36.4 Å². The van der Waals surface area contributed by atoms with E-state index in [1.54, 1.807) is 0 Å². The van der Waals surface area contributed by atoms with E-state index in [1.807, 2.05) is 42.5 Å². The van der Waals surface area contributed by atoms with Crippen molar-refractivity contribution in [2.75, 3.05) is 13.1 Å². The van der Waals surface area contributed by atoms with Crippen LogP contribution in [-0.2, 0) is 4.79 Å². The fraction of sp³-hybridized carbons (Fsp3) is 0.250. The first-order valence-electron chi connectivity index (χ1n) is 4.93. The number of aliphatic carboxylic acids is 1. The van der Waals surface area contributed by atoms with E-state index in [0.29, 0.717) is 13.1 Å². The van der Waals surface area contributed by atoms with E-state index in [0.717, 1.165) is 5.56 Å². The predicted molar refractivity (Wildman–Crippen MR) is 60.6 cm³/mol. The lowest BCUT2D eigenvalue weighted by atomic mass is 10.2. The second-order valence-corrected chi connectivity index (χ2v) is 3.16. The Kier molecular flexibility index (Phi) is 5.19. The molecule has 0 spiro atoms. The van der Waals surface area contributed by atoms with Gasteiger partial charge in [0.05, 0.1) is 6.42 Å². The van der Waals surface area contributed by atoms with Crippen molar-refractivity contribution in [2.45, 2.75) is 6.42 Å². The zero-order valence-corrected chi connectivity index (χ0v) is 8.52. The minimum absolute atomic E-state index is 0.166. The zero-order chi connectivity index (χ0) is 10.9. The normalized spacial score (nSPS) is 10.7. The molecule has 0 atom stereocenters. The molecule has 80 valence electrons. The SMILES string of the molecule is O=C(O)CCNC/C=C\c1ccccc1. The summed E-state index contributed by atoms with van der Waals surface area (Å²) in [4.78, 5) is 10.2. The van der Waals surface area contributed by atoms with E-state index >= 15 is 0 Å². The average molecular weight is 205 g/mol. The molecule has 1 aromatic rings. The van der Waals surface area contributed by atoms with E-state index in [1.165, 1.54) is 0 Å².